The molecule has 0 N–H and O–H groups in total. The average Bonchev–Trinajstić information content (AvgIpc) is 2.96. The highest BCUT2D eigenvalue weighted by Crippen LogP contribution is 2.34. The van der Waals surface area contributed by atoms with E-state index in [2.05, 4.69) is 64.7 Å². The van der Waals surface area contributed by atoms with Crippen molar-refractivity contribution in [3.8, 4) is 17.1 Å². The first-order chi connectivity index (χ1) is 12.1. The Labute approximate surface area is 157 Å². The Kier molecular flexibility index (Phi) is 4.00. The minimum absolute atomic E-state index is 0.711. The third-order valence-electron chi connectivity index (χ3n) is 4.51. The predicted molar refractivity (Wildman–Crippen MR) is 109 cm³/mol. The van der Waals surface area contributed by atoms with E-state index in [-0.39, 0.29) is 0 Å². The van der Waals surface area contributed by atoms with E-state index in [1.54, 1.807) is 0 Å². The van der Waals surface area contributed by atoms with Gasteiger partial charge in [0.1, 0.15) is 13.7 Å². The lowest BCUT2D eigenvalue weighted by atomic mass is 9.95. The zero-order valence-electron chi connectivity index (χ0n) is 14.1. The Hall–Kier alpha value is -2.33. The Morgan fingerprint density at radius 2 is 1.56 bits per heavy atom. The maximum Gasteiger partial charge on any atom is 0.146 e. The minimum Gasteiger partial charge on any atom is -0.291 e. The van der Waals surface area contributed by atoms with Gasteiger partial charge in [0.15, 0.2) is 0 Å². The number of para-hydroxylation sites is 2. The Morgan fingerprint density at radius 3 is 2.32 bits per heavy atom. The molecule has 0 atom stereocenters. The lowest BCUT2D eigenvalue weighted by Gasteiger charge is -2.15. The maximum absolute atomic E-state index is 6.14. The van der Waals surface area contributed by atoms with Gasteiger partial charge < -0.3 is 0 Å². The van der Waals surface area contributed by atoms with Crippen molar-refractivity contribution in [2.45, 2.75) is 13.8 Å². The fourth-order valence-corrected chi connectivity index (χ4v) is 3.76. The molecule has 0 saturated carbocycles. The third kappa shape index (κ3) is 2.61. The molecule has 25 heavy (non-hydrogen) atoms. The number of rotatable bonds is 2. The average molecular weight is 387 g/mol. The van der Waals surface area contributed by atoms with Crippen LogP contribution >= 0.6 is 15.9 Å². The van der Waals surface area contributed by atoms with Crippen LogP contribution in [0.25, 0.3) is 28.1 Å². The Balaban J connectivity index is 2.15. The van der Waals surface area contributed by atoms with Gasteiger partial charge in [-0.05, 0) is 59.1 Å². The van der Waals surface area contributed by atoms with Crippen molar-refractivity contribution in [3.63, 3.8) is 0 Å². The molecule has 1 aromatic heterocycles. The molecule has 4 heteroatoms. The number of aromatic nitrogens is 2. The van der Waals surface area contributed by atoms with Crippen molar-refractivity contribution < 1.29 is 0 Å². The van der Waals surface area contributed by atoms with Gasteiger partial charge in [-0.25, -0.2) is 4.98 Å². The van der Waals surface area contributed by atoms with Gasteiger partial charge in [0.05, 0.1) is 16.7 Å². The van der Waals surface area contributed by atoms with Gasteiger partial charge >= 0.3 is 0 Å². The summed E-state index contributed by atoms with van der Waals surface area (Å²) in [6.45, 7) is 4.25. The van der Waals surface area contributed by atoms with E-state index in [0.717, 1.165) is 32.6 Å². The maximum atomic E-state index is 6.14. The number of hydrogen-bond acceptors (Lipinski definition) is 1. The summed E-state index contributed by atoms with van der Waals surface area (Å²) in [7, 11) is 6.14. The summed E-state index contributed by atoms with van der Waals surface area (Å²) in [5.41, 5.74) is 7.30. The molecule has 120 valence electrons. The van der Waals surface area contributed by atoms with Crippen LogP contribution < -0.4 is 5.46 Å². The first kappa shape index (κ1) is 16.2. The molecule has 0 spiro atoms. The van der Waals surface area contributed by atoms with Crippen LogP contribution in [0.15, 0.2) is 65.1 Å². The number of aryl methyl sites for hydroxylation is 2. The van der Waals surface area contributed by atoms with E-state index in [0.29, 0.717) is 5.46 Å². The molecule has 4 rings (SSSR count). The fourth-order valence-electron chi connectivity index (χ4n) is 3.31. The molecule has 0 aliphatic carbocycles. The molecule has 2 radical (unpaired) electrons. The summed E-state index contributed by atoms with van der Waals surface area (Å²) < 4.78 is 3.07. The van der Waals surface area contributed by atoms with Crippen molar-refractivity contribution in [2.75, 3.05) is 0 Å². The van der Waals surface area contributed by atoms with Gasteiger partial charge in [-0.15, -0.1) is 0 Å². The summed E-state index contributed by atoms with van der Waals surface area (Å²) >= 11 is 3.66. The normalized spacial score (nSPS) is 11.2. The van der Waals surface area contributed by atoms with Crippen molar-refractivity contribution in [2.24, 2.45) is 0 Å². The zero-order valence-corrected chi connectivity index (χ0v) is 15.7. The van der Waals surface area contributed by atoms with E-state index < -0.39 is 0 Å². The summed E-state index contributed by atoms with van der Waals surface area (Å²) in [4.78, 5) is 4.95. The van der Waals surface area contributed by atoms with Gasteiger partial charge in [0.25, 0.3) is 0 Å². The minimum atomic E-state index is 0.711. The highest BCUT2D eigenvalue weighted by Gasteiger charge is 2.18. The number of fused-ring (bicyclic) bond motifs is 1. The van der Waals surface area contributed by atoms with Crippen molar-refractivity contribution in [1.29, 1.82) is 0 Å². The molecular weight excluding hydrogens is 371 g/mol. The molecule has 4 aromatic rings. The predicted octanol–water partition coefficient (Wildman–Crippen LogP) is 4.87. The van der Waals surface area contributed by atoms with Crippen molar-refractivity contribution in [3.05, 3.63) is 76.3 Å². The van der Waals surface area contributed by atoms with Crippen LogP contribution in [-0.4, -0.2) is 17.4 Å². The summed E-state index contributed by atoms with van der Waals surface area (Å²) in [5, 5.41) is 0. The molecule has 0 saturated heterocycles. The molecule has 0 fully saturated rings. The molecule has 3 aromatic carbocycles. The summed E-state index contributed by atoms with van der Waals surface area (Å²) in [6, 6.07) is 20.4. The van der Waals surface area contributed by atoms with Gasteiger partial charge in [0, 0.05) is 10.0 Å². The second-order valence-corrected chi connectivity index (χ2v) is 7.00. The van der Waals surface area contributed by atoms with Crippen LogP contribution in [0.4, 0.5) is 0 Å². The quantitative estimate of drug-likeness (QED) is 0.449. The highest BCUT2D eigenvalue weighted by atomic mass is 79.9. The monoisotopic (exact) mass is 386 g/mol. The van der Waals surface area contributed by atoms with Crippen LogP contribution in [0.1, 0.15) is 11.1 Å². The SMILES string of the molecule is [B]c1cccc(-n2c(-c3c(C)cccc3C)nc3ccccc32)c1Br. The molecule has 0 unspecified atom stereocenters. The standard InChI is InChI=1S/C21H16BBrN2/c1-13-7-5-8-14(2)19(13)21-24-16-10-3-4-11-17(16)25(21)18-12-6-9-15(22)20(18)23/h3-12H,1-2H3. The van der Waals surface area contributed by atoms with Crippen molar-refractivity contribution >= 4 is 40.3 Å². The van der Waals surface area contributed by atoms with Gasteiger partial charge in [-0.2, -0.15) is 0 Å². The van der Waals surface area contributed by atoms with E-state index in [1.165, 1.54) is 11.1 Å². The Morgan fingerprint density at radius 1 is 0.880 bits per heavy atom. The topological polar surface area (TPSA) is 17.8 Å². The lowest BCUT2D eigenvalue weighted by molar-refractivity contribution is 1.09. The molecule has 0 aliphatic heterocycles. The summed E-state index contributed by atoms with van der Waals surface area (Å²) in [6.07, 6.45) is 0. The molecular formula is C21H16BBrN2. The number of halogens is 1. The highest BCUT2D eigenvalue weighted by molar-refractivity contribution is 9.10. The first-order valence-corrected chi connectivity index (χ1v) is 8.95. The number of imidazole rings is 1. The molecule has 1 heterocycles. The van der Waals surface area contributed by atoms with E-state index in [1.807, 2.05) is 30.3 Å². The van der Waals surface area contributed by atoms with Gasteiger partial charge in [0.2, 0.25) is 0 Å². The molecule has 0 bridgehead atoms. The largest absolute Gasteiger partial charge is 0.291 e. The zero-order chi connectivity index (χ0) is 17.6. The second kappa shape index (κ2) is 6.19. The fraction of sp³-hybridized carbons (Fsp3) is 0.0952. The van der Waals surface area contributed by atoms with E-state index >= 15 is 0 Å². The third-order valence-corrected chi connectivity index (χ3v) is 5.38. The van der Waals surface area contributed by atoms with Crippen LogP contribution in [0.2, 0.25) is 0 Å². The van der Waals surface area contributed by atoms with Crippen LogP contribution in [0, 0.1) is 13.8 Å². The summed E-state index contributed by atoms with van der Waals surface area (Å²) in [5.74, 6) is 0.933. The lowest BCUT2D eigenvalue weighted by Crippen LogP contribution is -2.09. The van der Waals surface area contributed by atoms with Gasteiger partial charge in [-0.3, -0.25) is 4.57 Å². The molecule has 2 nitrogen and oxygen atoms in total. The van der Waals surface area contributed by atoms with Gasteiger partial charge in [-0.1, -0.05) is 47.9 Å². The second-order valence-electron chi connectivity index (χ2n) is 6.21. The van der Waals surface area contributed by atoms with Crippen LogP contribution in [0.5, 0.6) is 0 Å². The molecule has 0 aliphatic rings. The van der Waals surface area contributed by atoms with E-state index in [4.69, 9.17) is 12.8 Å². The Bertz CT molecular complexity index is 1080. The number of hydrogen-bond donors (Lipinski definition) is 0. The number of nitrogens with zero attached hydrogens (tertiary/aromatic N) is 2. The van der Waals surface area contributed by atoms with E-state index in [9.17, 15) is 0 Å². The smallest absolute Gasteiger partial charge is 0.146 e. The van der Waals surface area contributed by atoms with Crippen LogP contribution in [0.3, 0.4) is 0 Å². The van der Waals surface area contributed by atoms with Crippen molar-refractivity contribution in [1.82, 2.24) is 9.55 Å². The molecule has 0 amide bonds. The van der Waals surface area contributed by atoms with Crippen LogP contribution in [-0.2, 0) is 0 Å². The number of benzene rings is 3. The first-order valence-electron chi connectivity index (χ1n) is 8.16.